The lowest BCUT2D eigenvalue weighted by atomic mass is 10.2. The molecule has 20 heavy (non-hydrogen) atoms. The van der Waals surface area contributed by atoms with E-state index in [2.05, 4.69) is 30.4 Å². The first kappa shape index (κ1) is 12.0. The van der Waals surface area contributed by atoms with Crippen LogP contribution in [0, 0.1) is 17.0 Å². The predicted octanol–water partition coefficient (Wildman–Crippen LogP) is 1.43. The number of aryl methyl sites for hydroxylation is 1. The maximum atomic E-state index is 10.8. The zero-order valence-corrected chi connectivity index (χ0v) is 10.2. The van der Waals surface area contributed by atoms with Gasteiger partial charge < -0.3 is 9.84 Å². The van der Waals surface area contributed by atoms with Crippen LogP contribution in [0.25, 0.3) is 11.0 Å². The summed E-state index contributed by atoms with van der Waals surface area (Å²) in [4.78, 5) is 14.3. The standard InChI is InChI=1S/C10H8N6O4/c1-5-12-8(19-13-5)4-11-6-2-3-7(16(17)18)10-9(6)14-20-15-10/h2-3,11H,4H2,1H3. The van der Waals surface area contributed by atoms with Gasteiger partial charge in [0.25, 0.3) is 0 Å². The number of anilines is 1. The molecule has 0 saturated heterocycles. The molecular formula is C10H8N6O4. The Kier molecular flexibility index (Phi) is 2.75. The van der Waals surface area contributed by atoms with E-state index in [4.69, 9.17) is 4.52 Å². The Labute approximate surface area is 110 Å². The molecule has 3 rings (SSSR count). The molecule has 1 aromatic carbocycles. The molecule has 0 aliphatic heterocycles. The van der Waals surface area contributed by atoms with Crippen LogP contribution in [0.1, 0.15) is 11.7 Å². The van der Waals surface area contributed by atoms with Crippen LogP contribution >= 0.6 is 0 Å². The lowest BCUT2D eigenvalue weighted by Crippen LogP contribution is -2.01. The van der Waals surface area contributed by atoms with E-state index < -0.39 is 4.92 Å². The van der Waals surface area contributed by atoms with Gasteiger partial charge in [0.1, 0.15) is 0 Å². The van der Waals surface area contributed by atoms with E-state index >= 15 is 0 Å². The molecule has 0 amide bonds. The zero-order valence-electron chi connectivity index (χ0n) is 10.2. The van der Waals surface area contributed by atoms with Crippen LogP contribution in [0.5, 0.6) is 0 Å². The molecule has 102 valence electrons. The van der Waals surface area contributed by atoms with Crippen LogP contribution in [0.2, 0.25) is 0 Å². The monoisotopic (exact) mass is 276 g/mol. The van der Waals surface area contributed by atoms with Gasteiger partial charge >= 0.3 is 5.69 Å². The molecule has 0 unspecified atom stereocenters. The number of hydrogen-bond acceptors (Lipinski definition) is 9. The normalized spacial score (nSPS) is 10.8. The first-order valence-corrected chi connectivity index (χ1v) is 5.58. The highest BCUT2D eigenvalue weighted by molar-refractivity contribution is 5.93. The molecule has 10 nitrogen and oxygen atoms in total. The quantitative estimate of drug-likeness (QED) is 0.554. The third kappa shape index (κ3) is 2.02. The molecule has 10 heteroatoms. The number of nitro groups is 1. The molecule has 0 fully saturated rings. The van der Waals surface area contributed by atoms with Crippen LogP contribution in [0.15, 0.2) is 21.3 Å². The van der Waals surface area contributed by atoms with E-state index in [1.54, 1.807) is 6.92 Å². The molecule has 0 aliphatic rings. The van der Waals surface area contributed by atoms with Gasteiger partial charge in [-0.15, -0.1) is 0 Å². The van der Waals surface area contributed by atoms with Crippen molar-refractivity contribution in [1.82, 2.24) is 20.5 Å². The lowest BCUT2D eigenvalue weighted by Gasteiger charge is -2.02. The summed E-state index contributed by atoms with van der Waals surface area (Å²) in [6, 6.07) is 2.85. The van der Waals surface area contributed by atoms with Crippen LogP contribution in [-0.2, 0) is 6.54 Å². The molecule has 0 atom stereocenters. The van der Waals surface area contributed by atoms with Gasteiger partial charge in [-0.2, -0.15) is 4.98 Å². The summed E-state index contributed by atoms with van der Waals surface area (Å²) < 4.78 is 9.51. The number of aromatic nitrogens is 4. The highest BCUT2D eigenvalue weighted by Gasteiger charge is 2.19. The van der Waals surface area contributed by atoms with E-state index in [-0.39, 0.29) is 23.3 Å². The first-order valence-electron chi connectivity index (χ1n) is 5.58. The fraction of sp³-hybridized carbons (Fsp3) is 0.200. The maximum absolute atomic E-state index is 10.8. The van der Waals surface area contributed by atoms with Crippen LogP contribution in [0.3, 0.4) is 0 Å². The molecule has 0 radical (unpaired) electrons. The third-order valence-electron chi connectivity index (χ3n) is 2.59. The van der Waals surface area contributed by atoms with Crippen molar-refractivity contribution in [2.75, 3.05) is 5.32 Å². The fourth-order valence-electron chi connectivity index (χ4n) is 1.73. The van der Waals surface area contributed by atoms with Crippen molar-refractivity contribution < 1.29 is 14.1 Å². The van der Waals surface area contributed by atoms with Crippen molar-refractivity contribution in [3.8, 4) is 0 Å². The second kappa shape index (κ2) is 4.57. The summed E-state index contributed by atoms with van der Waals surface area (Å²) in [6.45, 7) is 1.97. The van der Waals surface area contributed by atoms with Crippen molar-refractivity contribution in [3.05, 3.63) is 34.0 Å². The van der Waals surface area contributed by atoms with Gasteiger partial charge in [0.15, 0.2) is 11.3 Å². The van der Waals surface area contributed by atoms with Crippen molar-refractivity contribution in [1.29, 1.82) is 0 Å². The highest BCUT2D eigenvalue weighted by Crippen LogP contribution is 2.28. The summed E-state index contributed by atoms with van der Waals surface area (Å²) in [7, 11) is 0. The van der Waals surface area contributed by atoms with E-state index in [0.717, 1.165) is 0 Å². The molecule has 2 heterocycles. The minimum absolute atomic E-state index is 0.0849. The fourth-order valence-corrected chi connectivity index (χ4v) is 1.73. The van der Waals surface area contributed by atoms with Gasteiger partial charge in [-0.05, 0) is 23.3 Å². The number of benzene rings is 1. The van der Waals surface area contributed by atoms with Crippen LogP contribution in [-0.4, -0.2) is 25.4 Å². The maximum Gasteiger partial charge on any atom is 0.300 e. The van der Waals surface area contributed by atoms with Gasteiger partial charge in [0.05, 0.1) is 17.2 Å². The number of nitro benzene ring substituents is 1. The molecule has 3 aromatic rings. The van der Waals surface area contributed by atoms with E-state index in [1.165, 1.54) is 12.1 Å². The topological polar surface area (TPSA) is 133 Å². The van der Waals surface area contributed by atoms with Gasteiger partial charge in [-0.3, -0.25) is 10.1 Å². The minimum atomic E-state index is -0.544. The number of nitrogens with zero attached hydrogens (tertiary/aromatic N) is 5. The summed E-state index contributed by atoms with van der Waals surface area (Å²) in [6.07, 6.45) is 0. The Morgan fingerprint density at radius 1 is 1.30 bits per heavy atom. The van der Waals surface area contributed by atoms with Gasteiger partial charge in [0, 0.05) is 6.07 Å². The predicted molar refractivity (Wildman–Crippen MR) is 64.8 cm³/mol. The second-order valence-corrected chi connectivity index (χ2v) is 3.94. The zero-order chi connectivity index (χ0) is 14.1. The number of nitrogens with one attached hydrogen (secondary N) is 1. The van der Waals surface area contributed by atoms with Crippen molar-refractivity contribution >= 4 is 22.4 Å². The summed E-state index contributed by atoms with van der Waals surface area (Å²) in [5, 5.41) is 24.7. The Morgan fingerprint density at radius 3 is 2.80 bits per heavy atom. The third-order valence-corrected chi connectivity index (χ3v) is 2.59. The molecule has 1 N–H and O–H groups in total. The molecule has 0 bridgehead atoms. The Hall–Kier alpha value is -3.04. The molecular weight excluding hydrogens is 268 g/mol. The molecule has 0 saturated carbocycles. The van der Waals surface area contributed by atoms with Crippen LogP contribution < -0.4 is 5.32 Å². The Balaban J connectivity index is 1.90. The van der Waals surface area contributed by atoms with Crippen molar-refractivity contribution in [2.24, 2.45) is 0 Å². The molecule has 0 aliphatic carbocycles. The number of hydrogen-bond donors (Lipinski definition) is 1. The van der Waals surface area contributed by atoms with Crippen molar-refractivity contribution in [2.45, 2.75) is 13.5 Å². The van der Waals surface area contributed by atoms with E-state index in [0.29, 0.717) is 17.4 Å². The largest absolute Gasteiger partial charge is 0.374 e. The minimum Gasteiger partial charge on any atom is -0.374 e. The average Bonchev–Trinajstić information content (AvgIpc) is 3.04. The van der Waals surface area contributed by atoms with Crippen LogP contribution in [0.4, 0.5) is 11.4 Å². The Bertz CT molecular complexity index is 779. The number of non-ortho nitro benzene ring substituents is 1. The summed E-state index contributed by atoms with van der Waals surface area (Å²) in [5.74, 6) is 0.921. The second-order valence-electron chi connectivity index (χ2n) is 3.94. The Morgan fingerprint density at radius 2 is 2.10 bits per heavy atom. The van der Waals surface area contributed by atoms with Crippen molar-refractivity contribution in [3.63, 3.8) is 0 Å². The average molecular weight is 276 g/mol. The van der Waals surface area contributed by atoms with Gasteiger partial charge in [-0.1, -0.05) is 5.16 Å². The summed E-state index contributed by atoms with van der Waals surface area (Å²) in [5.41, 5.74) is 0.722. The molecule has 0 spiro atoms. The highest BCUT2D eigenvalue weighted by atomic mass is 16.6. The van der Waals surface area contributed by atoms with Gasteiger partial charge in [-0.25, -0.2) is 4.63 Å². The number of fused-ring (bicyclic) bond motifs is 1. The van der Waals surface area contributed by atoms with Gasteiger partial charge in [0.2, 0.25) is 11.4 Å². The van der Waals surface area contributed by atoms with E-state index in [9.17, 15) is 10.1 Å². The SMILES string of the molecule is Cc1noc(CNc2ccc([N+](=O)[O-])c3nonc23)n1. The molecule has 2 aromatic heterocycles. The smallest absolute Gasteiger partial charge is 0.300 e. The van der Waals surface area contributed by atoms with E-state index in [1.807, 2.05) is 0 Å². The number of rotatable bonds is 4. The first-order chi connectivity index (χ1) is 9.65. The summed E-state index contributed by atoms with van der Waals surface area (Å²) >= 11 is 0. The lowest BCUT2D eigenvalue weighted by molar-refractivity contribution is -0.383.